The summed E-state index contributed by atoms with van der Waals surface area (Å²) in [5.74, 6) is -3.93. The highest BCUT2D eigenvalue weighted by Crippen LogP contribution is 2.48. The first kappa shape index (κ1) is 24.8. The summed E-state index contributed by atoms with van der Waals surface area (Å²) in [6, 6.07) is 11.8. The quantitative estimate of drug-likeness (QED) is 0.303. The first-order valence-electron chi connectivity index (χ1n) is 9.18. The van der Waals surface area contributed by atoms with Crippen molar-refractivity contribution >= 4 is 61.1 Å². The molecule has 2 aromatic rings. The number of benzene rings is 2. The van der Waals surface area contributed by atoms with Crippen LogP contribution in [0.5, 0.6) is 0 Å². The predicted octanol–water partition coefficient (Wildman–Crippen LogP) is 4.90. The van der Waals surface area contributed by atoms with Gasteiger partial charge in [0.25, 0.3) is 0 Å². The topological polar surface area (TPSA) is 106 Å². The highest BCUT2D eigenvalue weighted by molar-refractivity contribution is 9.11. The minimum absolute atomic E-state index is 0.00420. The normalized spacial score (nSPS) is 15.9. The van der Waals surface area contributed by atoms with Crippen LogP contribution in [0.15, 0.2) is 68.0 Å². The van der Waals surface area contributed by atoms with E-state index in [9.17, 15) is 19.2 Å². The maximum atomic E-state index is 14.7. The van der Waals surface area contributed by atoms with Gasteiger partial charge in [0.2, 0.25) is 0 Å². The Morgan fingerprint density at radius 3 is 2.33 bits per heavy atom. The molecule has 0 spiro atoms. The van der Waals surface area contributed by atoms with Gasteiger partial charge in [-0.25, -0.2) is 14.0 Å². The molecule has 0 aliphatic carbocycles. The van der Waals surface area contributed by atoms with Gasteiger partial charge in [-0.05, 0) is 43.5 Å². The molecular weight excluding hydrogens is 585 g/mol. The molecule has 1 heterocycles. The third-order valence-electron chi connectivity index (χ3n) is 4.92. The minimum atomic E-state index is -1.04. The second-order valence-electron chi connectivity index (χ2n) is 6.65. The monoisotopic (exact) mass is 597 g/mol. The number of nitriles is 1. The molecule has 33 heavy (non-hydrogen) atoms. The standard InChI is InChI=1S/C22H15Br2ClFN3O4/c1-32-21(30)15-14(10-6-4-3-5-7-10)11(9-27)20(28)29(19(15)22(31)33-2)18-12(23)8-13(25)17(26)16(18)24/h3-8,14H,28H2,1-2H3. The van der Waals surface area contributed by atoms with Crippen LogP contribution >= 0.6 is 43.5 Å². The van der Waals surface area contributed by atoms with Crippen LogP contribution < -0.4 is 10.6 Å². The summed E-state index contributed by atoms with van der Waals surface area (Å²) in [6.07, 6.45) is 0. The number of carbonyl (C=O) groups excluding carboxylic acids is 2. The van der Waals surface area contributed by atoms with E-state index in [1.165, 1.54) is 6.07 Å². The number of allylic oxidation sites excluding steroid dienone is 1. The zero-order chi connectivity index (χ0) is 24.4. The van der Waals surface area contributed by atoms with Crippen LogP contribution in [0.1, 0.15) is 11.5 Å². The molecule has 2 N–H and O–H groups in total. The Kier molecular flexibility index (Phi) is 7.47. The summed E-state index contributed by atoms with van der Waals surface area (Å²) >= 11 is 12.4. The van der Waals surface area contributed by atoms with Crippen molar-refractivity contribution in [2.24, 2.45) is 5.73 Å². The van der Waals surface area contributed by atoms with Crippen molar-refractivity contribution in [1.82, 2.24) is 0 Å². The van der Waals surface area contributed by atoms with Gasteiger partial charge in [-0.3, -0.25) is 4.90 Å². The van der Waals surface area contributed by atoms with Gasteiger partial charge in [0.1, 0.15) is 11.5 Å². The van der Waals surface area contributed by atoms with Crippen LogP contribution in [0.3, 0.4) is 0 Å². The van der Waals surface area contributed by atoms with E-state index in [2.05, 4.69) is 31.9 Å². The van der Waals surface area contributed by atoms with Gasteiger partial charge >= 0.3 is 11.9 Å². The summed E-state index contributed by atoms with van der Waals surface area (Å²) in [6.45, 7) is 0. The lowest BCUT2D eigenvalue weighted by Crippen LogP contribution is -2.41. The molecule has 0 aromatic heterocycles. The van der Waals surface area contributed by atoms with Crippen molar-refractivity contribution in [3.05, 3.63) is 84.4 Å². The zero-order valence-corrected chi connectivity index (χ0v) is 21.1. The summed E-state index contributed by atoms with van der Waals surface area (Å²) in [5.41, 5.74) is 6.32. The van der Waals surface area contributed by atoms with Crippen molar-refractivity contribution in [2.45, 2.75) is 5.92 Å². The van der Waals surface area contributed by atoms with E-state index in [0.29, 0.717) is 5.56 Å². The maximum absolute atomic E-state index is 14.7. The second-order valence-corrected chi connectivity index (χ2v) is 8.71. The number of methoxy groups -OCH3 is 2. The van der Waals surface area contributed by atoms with Crippen LogP contribution in [0, 0.1) is 17.1 Å². The molecule has 7 nitrogen and oxygen atoms in total. The van der Waals surface area contributed by atoms with E-state index < -0.39 is 23.7 Å². The Morgan fingerprint density at radius 1 is 1.18 bits per heavy atom. The summed E-state index contributed by atoms with van der Waals surface area (Å²) < 4.78 is 24.7. The molecule has 170 valence electrons. The highest BCUT2D eigenvalue weighted by atomic mass is 79.9. The van der Waals surface area contributed by atoms with Gasteiger partial charge in [0.15, 0.2) is 5.82 Å². The number of nitrogens with zero attached hydrogens (tertiary/aromatic N) is 2. The molecule has 0 fully saturated rings. The number of carbonyl (C=O) groups is 2. The van der Waals surface area contributed by atoms with Gasteiger partial charge in [0, 0.05) is 4.47 Å². The third-order valence-corrected chi connectivity index (χ3v) is 6.53. The molecule has 2 aromatic carbocycles. The van der Waals surface area contributed by atoms with Crippen molar-refractivity contribution < 1.29 is 23.5 Å². The predicted molar refractivity (Wildman–Crippen MR) is 126 cm³/mol. The fourth-order valence-electron chi connectivity index (χ4n) is 3.51. The number of halogens is 4. The fraction of sp³-hybridized carbons (Fsp3) is 0.136. The van der Waals surface area contributed by atoms with Gasteiger partial charge in [0.05, 0.1) is 52.5 Å². The Hall–Kier alpha value is -2.87. The molecule has 1 atom stereocenters. The molecule has 0 radical (unpaired) electrons. The van der Waals surface area contributed by atoms with Gasteiger partial charge < -0.3 is 15.2 Å². The van der Waals surface area contributed by atoms with Gasteiger partial charge in [-0.1, -0.05) is 41.9 Å². The summed E-state index contributed by atoms with van der Waals surface area (Å²) in [5, 5.41) is 9.81. The zero-order valence-electron chi connectivity index (χ0n) is 17.2. The number of nitrogens with two attached hydrogens (primary N) is 1. The van der Waals surface area contributed by atoms with Crippen LogP contribution in [0.4, 0.5) is 10.1 Å². The van der Waals surface area contributed by atoms with Crippen molar-refractivity contribution in [2.75, 3.05) is 19.1 Å². The maximum Gasteiger partial charge on any atom is 0.355 e. The lowest BCUT2D eigenvalue weighted by molar-refractivity contribution is -0.139. The fourth-order valence-corrected chi connectivity index (χ4v) is 5.43. The molecule has 11 heteroatoms. The lowest BCUT2D eigenvalue weighted by atomic mass is 9.81. The Morgan fingerprint density at radius 2 is 1.79 bits per heavy atom. The van der Waals surface area contributed by atoms with Crippen molar-refractivity contribution in [3.63, 3.8) is 0 Å². The van der Waals surface area contributed by atoms with E-state index in [1.54, 1.807) is 30.3 Å². The Bertz CT molecular complexity index is 1260. The Labute approximate surface area is 210 Å². The first-order valence-corrected chi connectivity index (χ1v) is 11.1. The molecule has 0 amide bonds. The average Bonchev–Trinajstić information content (AvgIpc) is 2.82. The second kappa shape index (κ2) is 9.95. The number of rotatable bonds is 4. The van der Waals surface area contributed by atoms with E-state index in [4.69, 9.17) is 26.8 Å². The third kappa shape index (κ3) is 4.24. The number of anilines is 1. The number of hydrogen-bond donors (Lipinski definition) is 1. The minimum Gasteiger partial charge on any atom is -0.466 e. The molecule has 1 unspecified atom stereocenters. The molecule has 0 bridgehead atoms. The lowest BCUT2D eigenvalue weighted by Gasteiger charge is -2.36. The van der Waals surface area contributed by atoms with Crippen LogP contribution in [-0.2, 0) is 19.1 Å². The van der Waals surface area contributed by atoms with Crippen molar-refractivity contribution in [3.8, 4) is 6.07 Å². The number of ether oxygens (including phenoxy) is 2. The number of esters is 2. The first-order chi connectivity index (χ1) is 15.7. The summed E-state index contributed by atoms with van der Waals surface area (Å²) in [7, 11) is 2.25. The molecular formula is C22H15Br2ClFN3O4. The Balaban J connectivity index is 2.50. The summed E-state index contributed by atoms with van der Waals surface area (Å²) in [4.78, 5) is 27.1. The molecule has 0 saturated carbocycles. The van der Waals surface area contributed by atoms with E-state index in [-0.39, 0.29) is 42.3 Å². The van der Waals surface area contributed by atoms with Gasteiger partial charge in [-0.15, -0.1) is 0 Å². The van der Waals surface area contributed by atoms with Crippen LogP contribution in [-0.4, -0.2) is 26.2 Å². The number of hydrogen-bond acceptors (Lipinski definition) is 7. The molecule has 0 saturated heterocycles. The molecule has 3 rings (SSSR count). The van der Waals surface area contributed by atoms with E-state index >= 15 is 0 Å². The van der Waals surface area contributed by atoms with E-state index in [1.807, 2.05) is 6.07 Å². The highest BCUT2D eigenvalue weighted by Gasteiger charge is 2.44. The van der Waals surface area contributed by atoms with Gasteiger partial charge in [-0.2, -0.15) is 5.26 Å². The smallest absolute Gasteiger partial charge is 0.355 e. The van der Waals surface area contributed by atoms with Crippen molar-refractivity contribution in [1.29, 1.82) is 5.26 Å². The van der Waals surface area contributed by atoms with E-state index in [0.717, 1.165) is 19.1 Å². The largest absolute Gasteiger partial charge is 0.466 e. The average molecular weight is 600 g/mol. The molecule has 1 aliphatic rings. The SMILES string of the molecule is COC(=O)C1=C(C(=O)OC)N(c2c(Br)cc(Cl)c(F)c2Br)C(N)=C(C#N)C1c1ccccc1. The molecule has 1 aliphatic heterocycles. The van der Waals surface area contributed by atoms with Crippen LogP contribution in [0.25, 0.3) is 0 Å². The van der Waals surface area contributed by atoms with Crippen LogP contribution in [0.2, 0.25) is 5.02 Å².